The summed E-state index contributed by atoms with van der Waals surface area (Å²) in [5.74, 6) is 1.70. The van der Waals surface area contributed by atoms with E-state index in [2.05, 4.69) is 34.6 Å². The van der Waals surface area contributed by atoms with Crippen molar-refractivity contribution in [1.29, 1.82) is 5.26 Å². The van der Waals surface area contributed by atoms with Crippen molar-refractivity contribution in [2.45, 2.75) is 64.1 Å². The molecule has 1 amide bonds. The molecule has 2 heterocycles. The van der Waals surface area contributed by atoms with Crippen LogP contribution in [0.2, 0.25) is 0 Å². The van der Waals surface area contributed by atoms with Gasteiger partial charge in [0.2, 0.25) is 5.91 Å². The topological polar surface area (TPSA) is 83.6 Å². The molecule has 1 N–H and O–H groups in total. The zero-order valence-corrected chi connectivity index (χ0v) is 19.4. The van der Waals surface area contributed by atoms with Crippen LogP contribution in [0.5, 0.6) is 0 Å². The summed E-state index contributed by atoms with van der Waals surface area (Å²) in [5, 5.41) is 21.6. The van der Waals surface area contributed by atoms with Crippen molar-refractivity contribution in [3.05, 3.63) is 16.5 Å². The molecule has 3 rings (SSSR count). The lowest BCUT2D eigenvalue weighted by Gasteiger charge is -2.27. The van der Waals surface area contributed by atoms with E-state index < -0.39 is 5.54 Å². The van der Waals surface area contributed by atoms with Gasteiger partial charge in [-0.1, -0.05) is 39.0 Å². The maximum absolute atomic E-state index is 12.3. The van der Waals surface area contributed by atoms with Crippen molar-refractivity contribution in [2.24, 2.45) is 18.9 Å². The van der Waals surface area contributed by atoms with Crippen LogP contribution >= 0.6 is 23.1 Å². The number of aromatic nitrogens is 3. The summed E-state index contributed by atoms with van der Waals surface area (Å²) in [6.45, 7) is 7.87. The molecule has 2 aromatic rings. The zero-order valence-electron chi connectivity index (χ0n) is 17.8. The fourth-order valence-electron chi connectivity index (χ4n) is 3.47. The fraction of sp³-hybridized carbons (Fsp3) is 0.619. The third kappa shape index (κ3) is 4.67. The van der Waals surface area contributed by atoms with Gasteiger partial charge in [0.25, 0.3) is 0 Å². The number of hydrogen-bond acceptors (Lipinski definition) is 6. The number of aryl methyl sites for hydroxylation is 1. The third-order valence-electron chi connectivity index (χ3n) is 5.94. The molecule has 0 aliphatic heterocycles. The molecule has 0 fully saturated rings. The van der Waals surface area contributed by atoms with Crippen LogP contribution < -0.4 is 5.32 Å². The van der Waals surface area contributed by atoms with Crippen LogP contribution in [0.4, 0.5) is 0 Å². The summed E-state index contributed by atoms with van der Waals surface area (Å²) in [6, 6.07) is 4.47. The third-order valence-corrected chi connectivity index (χ3v) is 8.19. The van der Waals surface area contributed by atoms with Crippen LogP contribution in [0, 0.1) is 23.2 Å². The Morgan fingerprint density at radius 1 is 1.52 bits per heavy atom. The number of thiophene rings is 1. The van der Waals surface area contributed by atoms with Gasteiger partial charge in [0.15, 0.2) is 11.0 Å². The molecule has 29 heavy (non-hydrogen) atoms. The Morgan fingerprint density at radius 3 is 2.93 bits per heavy atom. The Balaban J connectivity index is 1.67. The van der Waals surface area contributed by atoms with E-state index in [1.165, 1.54) is 35.0 Å². The van der Waals surface area contributed by atoms with E-state index in [-0.39, 0.29) is 17.6 Å². The number of nitrogens with zero attached hydrogens (tertiary/aromatic N) is 4. The molecule has 0 aromatic carbocycles. The molecule has 0 unspecified atom stereocenters. The van der Waals surface area contributed by atoms with Crippen molar-refractivity contribution >= 4 is 29.0 Å². The van der Waals surface area contributed by atoms with E-state index in [4.69, 9.17) is 0 Å². The van der Waals surface area contributed by atoms with Crippen LogP contribution in [-0.4, -0.2) is 32.0 Å². The first kappa shape index (κ1) is 21.8. The van der Waals surface area contributed by atoms with Crippen molar-refractivity contribution in [2.75, 3.05) is 5.75 Å². The van der Waals surface area contributed by atoms with Gasteiger partial charge in [-0.15, -0.1) is 21.5 Å². The van der Waals surface area contributed by atoms with E-state index in [0.29, 0.717) is 5.16 Å². The first-order valence-corrected chi connectivity index (χ1v) is 11.9. The molecule has 2 aromatic heterocycles. The highest BCUT2D eigenvalue weighted by molar-refractivity contribution is 7.99. The number of hydrogen-bond donors (Lipinski definition) is 1. The molecule has 6 nitrogen and oxygen atoms in total. The number of rotatable bonds is 7. The maximum atomic E-state index is 12.3. The van der Waals surface area contributed by atoms with Gasteiger partial charge in [-0.05, 0) is 49.7 Å². The number of thioether (sulfide) groups is 1. The van der Waals surface area contributed by atoms with E-state index in [9.17, 15) is 10.1 Å². The molecule has 0 saturated carbocycles. The van der Waals surface area contributed by atoms with Crippen molar-refractivity contribution < 1.29 is 4.79 Å². The first-order valence-electron chi connectivity index (χ1n) is 10.1. The molecule has 156 valence electrons. The Labute approximate surface area is 181 Å². The minimum Gasteiger partial charge on any atom is -0.337 e. The van der Waals surface area contributed by atoms with Crippen molar-refractivity contribution in [1.82, 2.24) is 20.1 Å². The lowest BCUT2D eigenvalue weighted by Crippen LogP contribution is -2.49. The summed E-state index contributed by atoms with van der Waals surface area (Å²) in [4.78, 5) is 15.0. The lowest BCUT2D eigenvalue weighted by atomic mass is 9.87. The number of amides is 1. The Morgan fingerprint density at radius 2 is 2.28 bits per heavy atom. The monoisotopic (exact) mass is 431 g/mol. The number of carbonyl (C=O) groups excluding carboxylic acids is 1. The Hall–Kier alpha value is -1.85. The molecule has 0 spiro atoms. The summed E-state index contributed by atoms with van der Waals surface area (Å²) in [5.41, 5.74) is 0.596. The van der Waals surface area contributed by atoms with E-state index in [0.717, 1.165) is 29.5 Å². The smallest absolute Gasteiger partial charge is 0.231 e. The second-order valence-corrected chi connectivity index (χ2v) is 10.3. The van der Waals surface area contributed by atoms with E-state index >= 15 is 0 Å². The van der Waals surface area contributed by atoms with E-state index in [1.807, 2.05) is 36.8 Å². The molecule has 2 atom stereocenters. The van der Waals surface area contributed by atoms with Crippen molar-refractivity contribution in [3.8, 4) is 16.8 Å². The summed E-state index contributed by atoms with van der Waals surface area (Å²) in [7, 11) is 1.94. The quantitative estimate of drug-likeness (QED) is 0.664. The average molecular weight is 432 g/mol. The van der Waals surface area contributed by atoms with Gasteiger partial charge >= 0.3 is 0 Å². The van der Waals surface area contributed by atoms with Gasteiger partial charge < -0.3 is 9.88 Å². The Bertz CT molecular complexity index is 926. The number of nitrogens with one attached hydrogen (secondary N) is 1. The number of nitriles is 1. The van der Waals surface area contributed by atoms with Crippen LogP contribution in [0.3, 0.4) is 0 Å². The van der Waals surface area contributed by atoms with E-state index in [1.54, 1.807) is 6.92 Å². The van der Waals surface area contributed by atoms with Gasteiger partial charge in [0.1, 0.15) is 5.54 Å². The van der Waals surface area contributed by atoms with Crippen LogP contribution in [0.15, 0.2) is 11.2 Å². The normalized spacial score (nSPS) is 18.2. The van der Waals surface area contributed by atoms with Crippen LogP contribution in [0.25, 0.3) is 10.7 Å². The number of carbonyl (C=O) groups is 1. The standard InChI is InChI=1S/C21H29N5OS2/c1-6-14-7-8-16-15(9-14)10-17(29-16)19-24-25-20(26(19)5)28-11-18(27)23-21(4,12-22)13(2)3/h10,13-14H,6-9,11H2,1-5H3,(H,23,27)/t14-,21+/m0/s1. The second-order valence-electron chi connectivity index (χ2n) is 8.25. The Kier molecular flexibility index (Phi) is 6.69. The summed E-state index contributed by atoms with van der Waals surface area (Å²) < 4.78 is 1.96. The largest absolute Gasteiger partial charge is 0.337 e. The van der Waals surface area contributed by atoms with Gasteiger partial charge in [-0.25, -0.2) is 0 Å². The summed E-state index contributed by atoms with van der Waals surface area (Å²) >= 11 is 3.16. The minimum absolute atomic E-state index is 0.0278. The van der Waals surface area contributed by atoms with Gasteiger partial charge in [0, 0.05) is 11.9 Å². The van der Waals surface area contributed by atoms with Gasteiger partial charge in [-0.3, -0.25) is 4.79 Å². The molecule has 1 aliphatic carbocycles. The average Bonchev–Trinajstić information content (AvgIpc) is 3.28. The van der Waals surface area contributed by atoms with Gasteiger partial charge in [-0.2, -0.15) is 5.26 Å². The van der Waals surface area contributed by atoms with Crippen LogP contribution in [0.1, 0.15) is 51.0 Å². The molecule has 1 aliphatic rings. The minimum atomic E-state index is -0.866. The summed E-state index contributed by atoms with van der Waals surface area (Å²) in [6.07, 6.45) is 4.83. The SMILES string of the molecule is CC[C@H]1CCc2sc(-c3nnc(SCC(=O)N[C@](C)(C#N)C(C)C)n3C)cc2C1. The first-order chi connectivity index (χ1) is 13.8. The van der Waals surface area contributed by atoms with Crippen LogP contribution in [-0.2, 0) is 24.7 Å². The molecular weight excluding hydrogens is 402 g/mol. The lowest BCUT2D eigenvalue weighted by molar-refractivity contribution is -0.120. The molecule has 8 heteroatoms. The number of fused-ring (bicyclic) bond motifs is 1. The molecule has 0 radical (unpaired) electrons. The fourth-order valence-corrected chi connectivity index (χ4v) is 5.41. The predicted octanol–water partition coefficient (Wildman–Crippen LogP) is 4.21. The molecule has 0 saturated heterocycles. The predicted molar refractivity (Wildman–Crippen MR) is 118 cm³/mol. The highest BCUT2D eigenvalue weighted by Crippen LogP contribution is 2.38. The second kappa shape index (κ2) is 8.88. The maximum Gasteiger partial charge on any atom is 0.231 e. The highest BCUT2D eigenvalue weighted by Gasteiger charge is 2.30. The van der Waals surface area contributed by atoms with Crippen molar-refractivity contribution in [3.63, 3.8) is 0 Å². The molecule has 0 bridgehead atoms. The van der Waals surface area contributed by atoms with Gasteiger partial charge in [0.05, 0.1) is 16.7 Å². The highest BCUT2D eigenvalue weighted by atomic mass is 32.2. The zero-order chi connectivity index (χ0) is 21.2. The molecular formula is C21H29N5OS2.